The van der Waals surface area contributed by atoms with Crippen molar-refractivity contribution >= 4 is 33.3 Å². The standard InChI is InChI=1S/C13H11N3O2S/c1-8-15-16-13(19-8)14-12(17)6-9-7-18-11-5-3-2-4-10(9)11/h2-5,7H,6H2,1H3,(H,14,16,17). The number of rotatable bonds is 3. The Morgan fingerprint density at radius 2 is 2.21 bits per heavy atom. The first kappa shape index (κ1) is 11.9. The third kappa shape index (κ3) is 2.48. The highest BCUT2D eigenvalue weighted by Gasteiger charge is 2.11. The third-order valence-electron chi connectivity index (χ3n) is 2.68. The van der Waals surface area contributed by atoms with Crippen molar-refractivity contribution in [2.75, 3.05) is 5.32 Å². The lowest BCUT2D eigenvalue weighted by molar-refractivity contribution is -0.115. The van der Waals surface area contributed by atoms with Crippen molar-refractivity contribution in [1.29, 1.82) is 0 Å². The van der Waals surface area contributed by atoms with E-state index in [0.29, 0.717) is 5.13 Å². The minimum absolute atomic E-state index is 0.122. The Bertz CT molecular complexity index is 732. The largest absolute Gasteiger partial charge is 0.464 e. The van der Waals surface area contributed by atoms with Gasteiger partial charge in [0.25, 0.3) is 0 Å². The van der Waals surface area contributed by atoms with Gasteiger partial charge in [0.15, 0.2) is 0 Å². The van der Waals surface area contributed by atoms with Crippen molar-refractivity contribution < 1.29 is 9.21 Å². The number of anilines is 1. The molecular weight excluding hydrogens is 262 g/mol. The van der Waals surface area contributed by atoms with Gasteiger partial charge >= 0.3 is 0 Å². The first-order valence-electron chi connectivity index (χ1n) is 5.77. The van der Waals surface area contributed by atoms with Crippen LogP contribution in [0.2, 0.25) is 0 Å². The molecule has 2 aromatic heterocycles. The fraction of sp³-hybridized carbons (Fsp3) is 0.154. The quantitative estimate of drug-likeness (QED) is 0.796. The molecule has 0 atom stereocenters. The molecule has 3 rings (SSSR count). The zero-order chi connectivity index (χ0) is 13.2. The second-order valence-electron chi connectivity index (χ2n) is 4.11. The fourth-order valence-corrected chi connectivity index (χ4v) is 2.46. The second kappa shape index (κ2) is 4.81. The van der Waals surface area contributed by atoms with Crippen molar-refractivity contribution in [3.8, 4) is 0 Å². The lowest BCUT2D eigenvalue weighted by Gasteiger charge is -1.99. The highest BCUT2D eigenvalue weighted by atomic mass is 32.1. The van der Waals surface area contributed by atoms with E-state index in [4.69, 9.17) is 4.42 Å². The number of hydrogen-bond acceptors (Lipinski definition) is 5. The van der Waals surface area contributed by atoms with Gasteiger partial charge in [0.05, 0.1) is 12.7 Å². The number of carbonyl (C=O) groups excluding carboxylic acids is 1. The van der Waals surface area contributed by atoms with Crippen molar-refractivity contribution in [2.24, 2.45) is 0 Å². The van der Waals surface area contributed by atoms with Crippen molar-refractivity contribution in [3.63, 3.8) is 0 Å². The van der Waals surface area contributed by atoms with Crippen LogP contribution in [0.5, 0.6) is 0 Å². The van der Waals surface area contributed by atoms with Gasteiger partial charge in [0.2, 0.25) is 11.0 Å². The molecule has 0 spiro atoms. The van der Waals surface area contributed by atoms with Crippen LogP contribution in [0.15, 0.2) is 34.9 Å². The van der Waals surface area contributed by atoms with E-state index in [9.17, 15) is 4.79 Å². The number of aryl methyl sites for hydroxylation is 1. The second-order valence-corrected chi connectivity index (χ2v) is 5.29. The van der Waals surface area contributed by atoms with Crippen LogP contribution in [0.4, 0.5) is 5.13 Å². The number of furan rings is 1. The molecule has 1 amide bonds. The summed E-state index contributed by atoms with van der Waals surface area (Å²) in [5.41, 5.74) is 1.66. The summed E-state index contributed by atoms with van der Waals surface area (Å²) in [4.78, 5) is 11.9. The maximum atomic E-state index is 11.9. The Morgan fingerprint density at radius 3 is 3.00 bits per heavy atom. The third-order valence-corrected chi connectivity index (χ3v) is 3.44. The first-order valence-corrected chi connectivity index (χ1v) is 6.59. The molecule has 6 heteroatoms. The van der Waals surface area contributed by atoms with Crippen LogP contribution in [0.3, 0.4) is 0 Å². The molecule has 0 aliphatic heterocycles. The van der Waals surface area contributed by atoms with Crippen LogP contribution in [0.1, 0.15) is 10.6 Å². The number of hydrogen-bond donors (Lipinski definition) is 1. The van der Waals surface area contributed by atoms with Crippen LogP contribution >= 0.6 is 11.3 Å². The fourth-order valence-electron chi connectivity index (χ4n) is 1.85. The Kier molecular flexibility index (Phi) is 3.00. The normalized spacial score (nSPS) is 10.8. The molecular formula is C13H11N3O2S. The molecule has 0 aliphatic carbocycles. The molecule has 0 unspecified atom stereocenters. The topological polar surface area (TPSA) is 68.0 Å². The van der Waals surface area contributed by atoms with Crippen molar-refractivity contribution in [3.05, 3.63) is 41.1 Å². The zero-order valence-electron chi connectivity index (χ0n) is 10.2. The highest BCUT2D eigenvalue weighted by molar-refractivity contribution is 7.15. The summed E-state index contributed by atoms with van der Waals surface area (Å²) in [5.74, 6) is -0.122. The number of benzene rings is 1. The summed E-state index contributed by atoms with van der Waals surface area (Å²) >= 11 is 1.35. The number of carbonyl (C=O) groups is 1. The highest BCUT2D eigenvalue weighted by Crippen LogP contribution is 2.21. The van der Waals surface area contributed by atoms with Gasteiger partial charge in [-0.25, -0.2) is 0 Å². The molecule has 1 aromatic carbocycles. The number of aromatic nitrogens is 2. The molecule has 0 bridgehead atoms. The van der Waals surface area contributed by atoms with Crippen LogP contribution in [-0.2, 0) is 11.2 Å². The number of nitrogens with one attached hydrogen (secondary N) is 1. The van der Waals surface area contributed by atoms with E-state index < -0.39 is 0 Å². The maximum Gasteiger partial charge on any atom is 0.230 e. The summed E-state index contributed by atoms with van der Waals surface area (Å²) in [5, 5.41) is 12.8. The lowest BCUT2D eigenvalue weighted by atomic mass is 10.1. The molecule has 3 aromatic rings. The van der Waals surface area contributed by atoms with E-state index >= 15 is 0 Å². The SMILES string of the molecule is Cc1nnc(NC(=O)Cc2coc3ccccc23)s1. The lowest BCUT2D eigenvalue weighted by Crippen LogP contribution is -2.13. The summed E-state index contributed by atoms with van der Waals surface area (Å²) in [6, 6.07) is 7.65. The smallest absolute Gasteiger partial charge is 0.230 e. The summed E-state index contributed by atoms with van der Waals surface area (Å²) in [6.07, 6.45) is 1.88. The predicted octanol–water partition coefficient (Wildman–Crippen LogP) is 2.77. The molecule has 0 saturated carbocycles. The van der Waals surface area contributed by atoms with E-state index in [-0.39, 0.29) is 12.3 Å². The summed E-state index contributed by atoms with van der Waals surface area (Å²) in [7, 11) is 0. The van der Waals surface area contributed by atoms with Gasteiger partial charge in [-0.05, 0) is 13.0 Å². The number of fused-ring (bicyclic) bond motifs is 1. The van der Waals surface area contributed by atoms with Gasteiger partial charge in [0, 0.05) is 10.9 Å². The predicted molar refractivity (Wildman–Crippen MR) is 73.2 cm³/mol. The summed E-state index contributed by atoms with van der Waals surface area (Å²) in [6.45, 7) is 1.84. The van der Waals surface area contributed by atoms with E-state index in [0.717, 1.165) is 21.5 Å². The number of nitrogens with zero attached hydrogens (tertiary/aromatic N) is 2. The zero-order valence-corrected chi connectivity index (χ0v) is 11.0. The van der Waals surface area contributed by atoms with Crippen LogP contribution in [0, 0.1) is 6.92 Å². The van der Waals surface area contributed by atoms with Crippen molar-refractivity contribution in [1.82, 2.24) is 10.2 Å². The van der Waals surface area contributed by atoms with Crippen molar-refractivity contribution in [2.45, 2.75) is 13.3 Å². The van der Waals surface area contributed by atoms with E-state index in [2.05, 4.69) is 15.5 Å². The van der Waals surface area contributed by atoms with Gasteiger partial charge in [-0.15, -0.1) is 10.2 Å². The molecule has 0 aliphatic rings. The Hall–Kier alpha value is -2.21. The van der Waals surface area contributed by atoms with Crippen LogP contribution in [-0.4, -0.2) is 16.1 Å². The molecule has 19 heavy (non-hydrogen) atoms. The maximum absolute atomic E-state index is 11.9. The molecule has 0 fully saturated rings. The van der Waals surface area contributed by atoms with E-state index in [1.54, 1.807) is 6.26 Å². The van der Waals surface area contributed by atoms with Gasteiger partial charge in [-0.1, -0.05) is 29.5 Å². The molecule has 2 heterocycles. The molecule has 96 valence electrons. The van der Waals surface area contributed by atoms with Gasteiger partial charge in [-0.2, -0.15) is 0 Å². The number of amides is 1. The minimum Gasteiger partial charge on any atom is -0.464 e. The molecule has 0 radical (unpaired) electrons. The molecule has 1 N–H and O–H groups in total. The van der Waals surface area contributed by atoms with Crippen LogP contribution < -0.4 is 5.32 Å². The Balaban J connectivity index is 1.76. The van der Waals surface area contributed by atoms with Gasteiger partial charge in [-0.3, -0.25) is 4.79 Å². The monoisotopic (exact) mass is 273 g/mol. The van der Waals surface area contributed by atoms with Gasteiger partial charge in [0.1, 0.15) is 10.6 Å². The van der Waals surface area contributed by atoms with E-state index in [1.807, 2.05) is 31.2 Å². The van der Waals surface area contributed by atoms with Gasteiger partial charge < -0.3 is 9.73 Å². The summed E-state index contributed by atoms with van der Waals surface area (Å²) < 4.78 is 5.40. The van der Waals surface area contributed by atoms with E-state index in [1.165, 1.54) is 11.3 Å². The first-order chi connectivity index (χ1) is 9.22. The number of para-hydroxylation sites is 1. The Labute approximate surface area is 113 Å². The Morgan fingerprint density at radius 1 is 1.37 bits per heavy atom. The average molecular weight is 273 g/mol. The van der Waals surface area contributed by atoms with Crippen LogP contribution in [0.25, 0.3) is 11.0 Å². The average Bonchev–Trinajstić information content (AvgIpc) is 2.97. The molecule has 5 nitrogen and oxygen atoms in total. The minimum atomic E-state index is -0.122. The molecule has 0 saturated heterocycles.